The molecule has 0 aliphatic carbocycles. The molecule has 2 heterocycles. The number of amides is 1. The molecule has 2 N–H and O–H groups in total. The SMILES string of the molecule is CCCn1ccc2cc(NC(=O)C(C)C3CNC3)ccc21. The molecule has 0 spiro atoms. The lowest BCUT2D eigenvalue weighted by Crippen LogP contribution is -2.48. The Kier molecular flexibility index (Phi) is 3.97. The molecule has 1 fully saturated rings. The lowest BCUT2D eigenvalue weighted by atomic mass is 9.88. The Hall–Kier alpha value is -1.81. The van der Waals surface area contributed by atoms with Crippen molar-refractivity contribution in [2.45, 2.75) is 26.8 Å². The molecule has 4 heteroatoms. The molecule has 1 amide bonds. The van der Waals surface area contributed by atoms with Crippen molar-refractivity contribution in [3.63, 3.8) is 0 Å². The Morgan fingerprint density at radius 1 is 1.43 bits per heavy atom. The van der Waals surface area contributed by atoms with Gasteiger partial charge in [0.05, 0.1) is 0 Å². The van der Waals surface area contributed by atoms with Crippen LogP contribution in [0.3, 0.4) is 0 Å². The van der Waals surface area contributed by atoms with Gasteiger partial charge in [0, 0.05) is 35.2 Å². The third kappa shape index (κ3) is 2.81. The maximum atomic E-state index is 12.2. The van der Waals surface area contributed by atoms with E-state index >= 15 is 0 Å². The molecule has 4 nitrogen and oxygen atoms in total. The van der Waals surface area contributed by atoms with E-state index < -0.39 is 0 Å². The number of anilines is 1. The first-order valence-electron chi connectivity index (χ1n) is 7.79. The zero-order valence-corrected chi connectivity index (χ0v) is 12.7. The van der Waals surface area contributed by atoms with E-state index in [0.717, 1.165) is 31.7 Å². The van der Waals surface area contributed by atoms with Crippen molar-refractivity contribution >= 4 is 22.5 Å². The Balaban J connectivity index is 1.73. The number of aromatic nitrogens is 1. The average molecular weight is 285 g/mol. The van der Waals surface area contributed by atoms with Crippen LogP contribution in [0.25, 0.3) is 10.9 Å². The number of hydrogen-bond acceptors (Lipinski definition) is 2. The van der Waals surface area contributed by atoms with Crippen molar-refractivity contribution < 1.29 is 4.79 Å². The smallest absolute Gasteiger partial charge is 0.227 e. The second kappa shape index (κ2) is 5.90. The molecule has 1 aromatic carbocycles. The van der Waals surface area contributed by atoms with Crippen LogP contribution in [-0.4, -0.2) is 23.6 Å². The fraction of sp³-hybridized carbons (Fsp3) is 0.471. The second-order valence-corrected chi connectivity index (χ2v) is 5.98. The minimum atomic E-state index is 0.0617. The summed E-state index contributed by atoms with van der Waals surface area (Å²) in [5.41, 5.74) is 2.12. The minimum Gasteiger partial charge on any atom is -0.347 e. The highest BCUT2D eigenvalue weighted by Crippen LogP contribution is 2.23. The van der Waals surface area contributed by atoms with Gasteiger partial charge in [0.2, 0.25) is 5.91 Å². The highest BCUT2D eigenvalue weighted by molar-refractivity contribution is 5.95. The molecule has 1 unspecified atom stereocenters. The summed E-state index contributed by atoms with van der Waals surface area (Å²) in [6.45, 7) is 7.12. The summed E-state index contributed by atoms with van der Waals surface area (Å²) < 4.78 is 2.25. The minimum absolute atomic E-state index is 0.0617. The van der Waals surface area contributed by atoms with Crippen molar-refractivity contribution in [1.82, 2.24) is 9.88 Å². The van der Waals surface area contributed by atoms with Gasteiger partial charge in [-0.15, -0.1) is 0 Å². The van der Waals surface area contributed by atoms with Gasteiger partial charge in [-0.2, -0.15) is 0 Å². The molecule has 2 aromatic rings. The van der Waals surface area contributed by atoms with Crippen molar-refractivity contribution in [3.8, 4) is 0 Å². The number of fused-ring (bicyclic) bond motifs is 1. The molecular formula is C17H23N3O. The maximum absolute atomic E-state index is 12.2. The Labute approximate surface area is 125 Å². The molecule has 0 bridgehead atoms. The molecule has 1 aliphatic rings. The van der Waals surface area contributed by atoms with E-state index in [0.29, 0.717) is 5.92 Å². The fourth-order valence-corrected chi connectivity index (χ4v) is 2.85. The summed E-state index contributed by atoms with van der Waals surface area (Å²) in [5.74, 6) is 0.653. The van der Waals surface area contributed by atoms with Crippen molar-refractivity contribution in [2.24, 2.45) is 11.8 Å². The van der Waals surface area contributed by atoms with E-state index in [2.05, 4.69) is 46.5 Å². The fourth-order valence-electron chi connectivity index (χ4n) is 2.85. The quantitative estimate of drug-likeness (QED) is 0.887. The predicted molar refractivity (Wildman–Crippen MR) is 86.4 cm³/mol. The third-order valence-corrected chi connectivity index (χ3v) is 4.44. The van der Waals surface area contributed by atoms with Crippen LogP contribution in [0.5, 0.6) is 0 Å². The monoisotopic (exact) mass is 285 g/mol. The van der Waals surface area contributed by atoms with Gasteiger partial charge in [0.15, 0.2) is 0 Å². The van der Waals surface area contributed by atoms with Crippen molar-refractivity contribution in [2.75, 3.05) is 18.4 Å². The molecule has 3 rings (SSSR count). The predicted octanol–water partition coefficient (Wildman–Crippen LogP) is 2.85. The van der Waals surface area contributed by atoms with Gasteiger partial charge in [-0.3, -0.25) is 4.79 Å². The molecule has 1 atom stereocenters. The van der Waals surface area contributed by atoms with Crippen LogP contribution in [0.1, 0.15) is 20.3 Å². The van der Waals surface area contributed by atoms with Gasteiger partial charge >= 0.3 is 0 Å². The van der Waals surface area contributed by atoms with E-state index in [1.807, 2.05) is 13.0 Å². The highest BCUT2D eigenvalue weighted by Gasteiger charge is 2.28. The summed E-state index contributed by atoms with van der Waals surface area (Å²) in [6, 6.07) is 8.26. The molecule has 1 aliphatic heterocycles. The molecule has 21 heavy (non-hydrogen) atoms. The number of nitrogens with one attached hydrogen (secondary N) is 2. The Bertz CT molecular complexity index is 643. The largest absolute Gasteiger partial charge is 0.347 e. The number of nitrogens with zero attached hydrogens (tertiary/aromatic N) is 1. The van der Waals surface area contributed by atoms with Crippen LogP contribution >= 0.6 is 0 Å². The van der Waals surface area contributed by atoms with Crippen molar-refractivity contribution in [3.05, 3.63) is 30.5 Å². The number of aryl methyl sites for hydroxylation is 1. The van der Waals surface area contributed by atoms with Crippen LogP contribution in [0.4, 0.5) is 5.69 Å². The van der Waals surface area contributed by atoms with E-state index in [-0.39, 0.29) is 11.8 Å². The van der Waals surface area contributed by atoms with Gasteiger partial charge < -0.3 is 15.2 Å². The van der Waals surface area contributed by atoms with E-state index in [1.54, 1.807) is 0 Å². The van der Waals surface area contributed by atoms with Gasteiger partial charge in [-0.1, -0.05) is 13.8 Å². The highest BCUT2D eigenvalue weighted by atomic mass is 16.1. The van der Waals surface area contributed by atoms with Gasteiger partial charge in [-0.05, 0) is 49.7 Å². The summed E-state index contributed by atoms with van der Waals surface area (Å²) in [7, 11) is 0. The normalized spacial score (nSPS) is 16.7. The van der Waals surface area contributed by atoms with Crippen LogP contribution in [0.2, 0.25) is 0 Å². The number of rotatable bonds is 5. The summed E-state index contributed by atoms with van der Waals surface area (Å²) >= 11 is 0. The van der Waals surface area contributed by atoms with Crippen LogP contribution in [0.15, 0.2) is 30.5 Å². The molecule has 0 saturated carbocycles. The van der Waals surface area contributed by atoms with Crippen LogP contribution < -0.4 is 10.6 Å². The second-order valence-electron chi connectivity index (χ2n) is 5.98. The average Bonchev–Trinajstić information content (AvgIpc) is 2.80. The molecule has 1 saturated heterocycles. The lowest BCUT2D eigenvalue weighted by molar-refractivity contribution is -0.121. The Morgan fingerprint density at radius 2 is 2.24 bits per heavy atom. The number of carbonyl (C=O) groups is 1. The van der Waals surface area contributed by atoms with Crippen LogP contribution in [0, 0.1) is 11.8 Å². The van der Waals surface area contributed by atoms with Crippen molar-refractivity contribution in [1.29, 1.82) is 0 Å². The molecule has 0 radical (unpaired) electrons. The van der Waals surface area contributed by atoms with E-state index in [1.165, 1.54) is 10.9 Å². The van der Waals surface area contributed by atoms with Gasteiger partial charge in [0.25, 0.3) is 0 Å². The first kappa shape index (κ1) is 14.1. The zero-order chi connectivity index (χ0) is 14.8. The molecular weight excluding hydrogens is 262 g/mol. The summed E-state index contributed by atoms with van der Waals surface area (Å²) in [6.07, 6.45) is 3.23. The van der Waals surface area contributed by atoms with Crippen LogP contribution in [-0.2, 0) is 11.3 Å². The number of hydrogen-bond donors (Lipinski definition) is 2. The Morgan fingerprint density at radius 3 is 2.90 bits per heavy atom. The standard InChI is InChI=1S/C17H23N3O/c1-3-7-20-8-6-13-9-15(4-5-16(13)20)19-17(21)12(2)14-10-18-11-14/h4-6,8-9,12,14,18H,3,7,10-11H2,1-2H3,(H,19,21). The first-order valence-corrected chi connectivity index (χ1v) is 7.79. The maximum Gasteiger partial charge on any atom is 0.227 e. The van der Waals surface area contributed by atoms with Gasteiger partial charge in [0.1, 0.15) is 0 Å². The number of benzene rings is 1. The topological polar surface area (TPSA) is 46.1 Å². The van der Waals surface area contributed by atoms with E-state index in [4.69, 9.17) is 0 Å². The summed E-state index contributed by atoms with van der Waals surface area (Å²) in [5, 5.41) is 7.45. The van der Waals surface area contributed by atoms with E-state index in [9.17, 15) is 4.79 Å². The summed E-state index contributed by atoms with van der Waals surface area (Å²) in [4.78, 5) is 12.2. The molecule has 112 valence electrons. The third-order valence-electron chi connectivity index (χ3n) is 4.44. The zero-order valence-electron chi connectivity index (χ0n) is 12.7. The lowest BCUT2D eigenvalue weighted by Gasteiger charge is -2.31. The molecule has 1 aromatic heterocycles. The van der Waals surface area contributed by atoms with Gasteiger partial charge in [-0.25, -0.2) is 0 Å². The first-order chi connectivity index (χ1) is 10.2. The number of carbonyl (C=O) groups excluding carboxylic acids is 1.